The minimum atomic E-state index is 0.239. The Balaban J connectivity index is 2.17. The first kappa shape index (κ1) is 15.9. The Morgan fingerprint density at radius 1 is 1.14 bits per heavy atom. The number of fused-ring (bicyclic) bond motifs is 1. The lowest BCUT2D eigenvalue weighted by atomic mass is 10.0. The first-order valence-corrected chi connectivity index (χ1v) is 7.89. The third-order valence-electron chi connectivity index (χ3n) is 3.88. The van der Waals surface area contributed by atoms with Crippen molar-refractivity contribution in [3.63, 3.8) is 0 Å². The number of benzene rings is 1. The van der Waals surface area contributed by atoms with Gasteiger partial charge in [0.25, 0.3) is 0 Å². The van der Waals surface area contributed by atoms with Gasteiger partial charge >= 0.3 is 0 Å². The van der Waals surface area contributed by atoms with E-state index < -0.39 is 0 Å². The maximum absolute atomic E-state index is 5.67. The molecule has 0 radical (unpaired) electrons. The number of likely N-dealkylation sites (N-methyl/N-ethyl adjacent to an activating group) is 1. The Bertz CT molecular complexity index is 556. The molecule has 1 aromatic heterocycles. The maximum Gasteiger partial charge on any atom is 0.0728 e. The van der Waals surface area contributed by atoms with E-state index >= 15 is 0 Å². The Morgan fingerprint density at radius 3 is 2.67 bits per heavy atom. The molecule has 114 valence electrons. The Morgan fingerprint density at radius 2 is 1.95 bits per heavy atom. The number of ether oxygens (including phenoxy) is 1. The third kappa shape index (κ3) is 4.26. The maximum atomic E-state index is 5.67. The van der Waals surface area contributed by atoms with Crippen molar-refractivity contribution in [3.05, 3.63) is 42.1 Å². The van der Waals surface area contributed by atoms with E-state index in [2.05, 4.69) is 43.4 Å². The van der Waals surface area contributed by atoms with Gasteiger partial charge in [-0.05, 0) is 25.1 Å². The van der Waals surface area contributed by atoms with Gasteiger partial charge in [0.05, 0.1) is 11.6 Å². The van der Waals surface area contributed by atoms with E-state index in [1.54, 1.807) is 7.11 Å². The van der Waals surface area contributed by atoms with Crippen LogP contribution >= 0.6 is 0 Å². The molecule has 2 atom stereocenters. The summed E-state index contributed by atoms with van der Waals surface area (Å²) < 4.78 is 5.67. The van der Waals surface area contributed by atoms with Crippen LogP contribution in [0.5, 0.6) is 0 Å². The zero-order valence-electron chi connectivity index (χ0n) is 13.3. The topological polar surface area (TPSA) is 34.1 Å². The van der Waals surface area contributed by atoms with Gasteiger partial charge in [-0.2, -0.15) is 0 Å². The van der Waals surface area contributed by atoms with Gasteiger partial charge in [-0.25, -0.2) is 0 Å². The molecular formula is C18H26N2O. The van der Waals surface area contributed by atoms with Crippen molar-refractivity contribution in [3.8, 4) is 0 Å². The van der Waals surface area contributed by atoms with Gasteiger partial charge < -0.3 is 10.1 Å². The summed E-state index contributed by atoms with van der Waals surface area (Å²) in [5.41, 5.74) is 2.19. The average molecular weight is 286 g/mol. The normalized spacial score (nSPS) is 14.2. The fourth-order valence-corrected chi connectivity index (χ4v) is 2.81. The van der Waals surface area contributed by atoms with Gasteiger partial charge in [-0.3, -0.25) is 4.98 Å². The van der Waals surface area contributed by atoms with E-state index in [4.69, 9.17) is 9.72 Å². The molecule has 0 aliphatic heterocycles. The van der Waals surface area contributed by atoms with Crippen molar-refractivity contribution >= 4 is 10.9 Å². The van der Waals surface area contributed by atoms with Crippen molar-refractivity contribution in [1.29, 1.82) is 0 Å². The zero-order chi connectivity index (χ0) is 15.1. The fraction of sp³-hybridized carbons (Fsp3) is 0.500. The molecule has 1 heterocycles. The number of methoxy groups -OCH3 is 1. The molecule has 0 saturated carbocycles. The number of rotatable bonds is 8. The third-order valence-corrected chi connectivity index (χ3v) is 3.88. The second-order valence-corrected chi connectivity index (χ2v) is 5.43. The first-order chi connectivity index (χ1) is 10.3. The smallest absolute Gasteiger partial charge is 0.0728 e. The summed E-state index contributed by atoms with van der Waals surface area (Å²) in [6.07, 6.45) is 3.34. The number of aromatic nitrogens is 1. The lowest BCUT2D eigenvalue weighted by Crippen LogP contribution is -2.42. The summed E-state index contributed by atoms with van der Waals surface area (Å²) in [4.78, 5) is 4.78. The summed E-state index contributed by atoms with van der Waals surface area (Å²) >= 11 is 0. The van der Waals surface area contributed by atoms with E-state index in [0.29, 0.717) is 6.04 Å². The monoisotopic (exact) mass is 286 g/mol. The average Bonchev–Trinajstić information content (AvgIpc) is 2.52. The predicted octanol–water partition coefficient (Wildman–Crippen LogP) is 3.57. The number of hydrogen-bond acceptors (Lipinski definition) is 3. The van der Waals surface area contributed by atoms with E-state index in [0.717, 1.165) is 37.0 Å². The molecular weight excluding hydrogens is 260 g/mol. The number of hydrogen-bond donors (Lipinski definition) is 1. The fourth-order valence-electron chi connectivity index (χ4n) is 2.81. The standard InChI is InChI=1S/C18H26N2O/c1-4-8-18(21-3)17(19-5-2)13-15-12-11-14-9-6-7-10-16(14)20-15/h6-7,9-12,17-19H,4-5,8,13H2,1-3H3. The van der Waals surface area contributed by atoms with Gasteiger partial charge in [0, 0.05) is 30.7 Å². The summed E-state index contributed by atoms with van der Waals surface area (Å²) in [6.45, 7) is 5.28. The van der Waals surface area contributed by atoms with Crippen LogP contribution in [-0.2, 0) is 11.2 Å². The van der Waals surface area contributed by atoms with Crippen LogP contribution in [-0.4, -0.2) is 30.8 Å². The highest BCUT2D eigenvalue weighted by Crippen LogP contribution is 2.15. The van der Waals surface area contributed by atoms with Crippen molar-refractivity contribution in [2.75, 3.05) is 13.7 Å². The molecule has 21 heavy (non-hydrogen) atoms. The quantitative estimate of drug-likeness (QED) is 0.805. The van der Waals surface area contributed by atoms with Crippen LogP contribution in [0.1, 0.15) is 32.4 Å². The number of nitrogens with zero attached hydrogens (tertiary/aromatic N) is 1. The second kappa shape index (κ2) is 8.11. The van der Waals surface area contributed by atoms with Crippen molar-refractivity contribution in [1.82, 2.24) is 10.3 Å². The van der Waals surface area contributed by atoms with Gasteiger partial charge in [-0.15, -0.1) is 0 Å². The van der Waals surface area contributed by atoms with Crippen LogP contribution in [0.15, 0.2) is 36.4 Å². The summed E-state index contributed by atoms with van der Waals surface area (Å²) in [7, 11) is 1.80. The van der Waals surface area contributed by atoms with Crippen LogP contribution in [0.3, 0.4) is 0 Å². The number of nitrogens with one attached hydrogen (secondary N) is 1. The van der Waals surface area contributed by atoms with Gasteiger partial charge in [0.2, 0.25) is 0 Å². The summed E-state index contributed by atoms with van der Waals surface area (Å²) in [5.74, 6) is 0. The van der Waals surface area contributed by atoms with Crippen molar-refractivity contribution in [2.45, 2.75) is 45.3 Å². The molecule has 1 aromatic carbocycles. The zero-order valence-corrected chi connectivity index (χ0v) is 13.3. The molecule has 0 saturated heterocycles. The number of para-hydroxylation sites is 1. The molecule has 2 aromatic rings. The van der Waals surface area contributed by atoms with E-state index in [-0.39, 0.29) is 6.10 Å². The molecule has 3 heteroatoms. The molecule has 3 nitrogen and oxygen atoms in total. The minimum absolute atomic E-state index is 0.239. The largest absolute Gasteiger partial charge is 0.380 e. The molecule has 0 aliphatic carbocycles. The second-order valence-electron chi connectivity index (χ2n) is 5.43. The molecule has 0 amide bonds. The predicted molar refractivity (Wildman–Crippen MR) is 88.6 cm³/mol. The van der Waals surface area contributed by atoms with Crippen molar-refractivity contribution < 1.29 is 4.74 Å². The highest BCUT2D eigenvalue weighted by Gasteiger charge is 2.20. The van der Waals surface area contributed by atoms with E-state index in [1.165, 1.54) is 5.39 Å². The molecule has 1 N–H and O–H groups in total. The van der Waals surface area contributed by atoms with Gasteiger partial charge in [0.1, 0.15) is 0 Å². The van der Waals surface area contributed by atoms with E-state index in [9.17, 15) is 0 Å². The van der Waals surface area contributed by atoms with Crippen LogP contribution in [0.4, 0.5) is 0 Å². The minimum Gasteiger partial charge on any atom is -0.380 e. The van der Waals surface area contributed by atoms with Crippen LogP contribution in [0.25, 0.3) is 10.9 Å². The van der Waals surface area contributed by atoms with Crippen LogP contribution in [0.2, 0.25) is 0 Å². The highest BCUT2D eigenvalue weighted by molar-refractivity contribution is 5.78. The Hall–Kier alpha value is -1.45. The molecule has 0 bridgehead atoms. The Labute approximate surface area is 127 Å². The molecule has 0 spiro atoms. The number of pyridine rings is 1. The molecule has 2 rings (SSSR count). The van der Waals surface area contributed by atoms with Gasteiger partial charge in [0.15, 0.2) is 0 Å². The lowest BCUT2D eigenvalue weighted by molar-refractivity contribution is 0.0611. The van der Waals surface area contributed by atoms with Crippen LogP contribution < -0.4 is 5.32 Å². The summed E-state index contributed by atoms with van der Waals surface area (Å²) in [5, 5.41) is 4.74. The molecule has 2 unspecified atom stereocenters. The van der Waals surface area contributed by atoms with Crippen molar-refractivity contribution in [2.24, 2.45) is 0 Å². The SMILES string of the molecule is CCCC(OC)C(Cc1ccc2ccccc2n1)NCC. The highest BCUT2D eigenvalue weighted by atomic mass is 16.5. The van der Waals surface area contributed by atoms with Crippen LogP contribution in [0, 0.1) is 0 Å². The summed E-state index contributed by atoms with van der Waals surface area (Å²) in [6, 6.07) is 12.9. The van der Waals surface area contributed by atoms with Gasteiger partial charge in [-0.1, -0.05) is 44.5 Å². The Kier molecular flexibility index (Phi) is 6.15. The molecule has 0 aliphatic rings. The first-order valence-electron chi connectivity index (χ1n) is 7.89. The van der Waals surface area contributed by atoms with E-state index in [1.807, 2.05) is 12.1 Å². The molecule has 0 fully saturated rings. The lowest BCUT2D eigenvalue weighted by Gasteiger charge is -2.26.